The molecule has 0 radical (unpaired) electrons. The lowest BCUT2D eigenvalue weighted by Gasteiger charge is -2.24. The minimum Gasteiger partial charge on any atom is -0.494 e. The third-order valence-corrected chi connectivity index (χ3v) is 3.16. The van der Waals surface area contributed by atoms with Gasteiger partial charge < -0.3 is 9.84 Å². The van der Waals surface area contributed by atoms with Crippen LogP contribution in [0.2, 0.25) is 0 Å². The highest BCUT2D eigenvalue weighted by Crippen LogP contribution is 2.34. The summed E-state index contributed by atoms with van der Waals surface area (Å²) in [6, 6.07) is 6.00. The monoisotopic (exact) mass is 264 g/mol. The molecule has 0 saturated carbocycles. The standard InChI is InChI=1S/C16H24O3/c1-6-19-14-8-7-12(11(2)9-15(17)18)10-13(14)16(3,4)5/h7-8,10-11H,6,9H2,1-5H3,(H,17,18). The van der Waals surface area contributed by atoms with Gasteiger partial charge in [-0.1, -0.05) is 39.8 Å². The van der Waals surface area contributed by atoms with Crippen molar-refractivity contribution in [2.75, 3.05) is 6.61 Å². The first kappa shape index (κ1) is 15.5. The van der Waals surface area contributed by atoms with Crippen molar-refractivity contribution in [1.29, 1.82) is 0 Å². The molecule has 1 N–H and O–H groups in total. The van der Waals surface area contributed by atoms with Crippen LogP contribution in [0.15, 0.2) is 18.2 Å². The molecule has 0 bridgehead atoms. The van der Waals surface area contributed by atoms with E-state index in [-0.39, 0.29) is 17.8 Å². The van der Waals surface area contributed by atoms with Gasteiger partial charge in [0.15, 0.2) is 0 Å². The Kier molecular flexibility index (Phi) is 4.98. The van der Waals surface area contributed by atoms with E-state index >= 15 is 0 Å². The van der Waals surface area contributed by atoms with Crippen molar-refractivity contribution < 1.29 is 14.6 Å². The van der Waals surface area contributed by atoms with Crippen molar-refractivity contribution in [3.05, 3.63) is 29.3 Å². The van der Waals surface area contributed by atoms with Crippen LogP contribution in [0.5, 0.6) is 5.75 Å². The molecule has 1 unspecified atom stereocenters. The Morgan fingerprint density at radius 3 is 2.47 bits per heavy atom. The molecule has 0 amide bonds. The first-order chi connectivity index (χ1) is 8.75. The van der Waals surface area contributed by atoms with Crippen LogP contribution >= 0.6 is 0 Å². The smallest absolute Gasteiger partial charge is 0.303 e. The Morgan fingerprint density at radius 2 is 2.00 bits per heavy atom. The highest BCUT2D eigenvalue weighted by atomic mass is 16.5. The zero-order valence-corrected chi connectivity index (χ0v) is 12.5. The average molecular weight is 264 g/mol. The van der Waals surface area contributed by atoms with Crippen molar-refractivity contribution in [2.45, 2.75) is 52.4 Å². The van der Waals surface area contributed by atoms with E-state index in [4.69, 9.17) is 9.84 Å². The normalized spacial score (nSPS) is 13.1. The van der Waals surface area contributed by atoms with Gasteiger partial charge in [0.1, 0.15) is 5.75 Å². The fraction of sp³-hybridized carbons (Fsp3) is 0.562. The molecule has 3 heteroatoms. The lowest BCUT2D eigenvalue weighted by Crippen LogP contribution is -2.14. The maximum absolute atomic E-state index is 10.8. The Labute approximate surface area is 115 Å². The molecular formula is C16H24O3. The highest BCUT2D eigenvalue weighted by Gasteiger charge is 2.21. The van der Waals surface area contributed by atoms with Crippen LogP contribution in [0.3, 0.4) is 0 Å². The maximum atomic E-state index is 10.8. The summed E-state index contributed by atoms with van der Waals surface area (Å²) >= 11 is 0. The summed E-state index contributed by atoms with van der Waals surface area (Å²) in [5, 5.41) is 8.89. The van der Waals surface area contributed by atoms with E-state index in [0.717, 1.165) is 16.9 Å². The van der Waals surface area contributed by atoms with Gasteiger partial charge in [-0.05, 0) is 35.4 Å². The molecule has 19 heavy (non-hydrogen) atoms. The van der Waals surface area contributed by atoms with Crippen molar-refractivity contribution in [1.82, 2.24) is 0 Å². The molecule has 0 aliphatic carbocycles. The lowest BCUT2D eigenvalue weighted by atomic mass is 9.83. The molecule has 0 spiro atoms. The number of carbonyl (C=O) groups is 1. The summed E-state index contributed by atoms with van der Waals surface area (Å²) in [6.45, 7) is 10.9. The quantitative estimate of drug-likeness (QED) is 0.875. The number of hydrogen-bond acceptors (Lipinski definition) is 2. The third kappa shape index (κ3) is 4.27. The number of rotatable bonds is 5. The van der Waals surface area contributed by atoms with Gasteiger partial charge in [0.25, 0.3) is 0 Å². The molecule has 0 heterocycles. The van der Waals surface area contributed by atoms with E-state index in [1.807, 2.05) is 26.0 Å². The predicted molar refractivity (Wildman–Crippen MR) is 77.0 cm³/mol. The Morgan fingerprint density at radius 1 is 1.37 bits per heavy atom. The van der Waals surface area contributed by atoms with Gasteiger partial charge in [-0.15, -0.1) is 0 Å². The zero-order valence-electron chi connectivity index (χ0n) is 12.5. The number of hydrogen-bond donors (Lipinski definition) is 1. The SMILES string of the molecule is CCOc1ccc(C(C)CC(=O)O)cc1C(C)(C)C. The first-order valence-corrected chi connectivity index (χ1v) is 6.74. The third-order valence-electron chi connectivity index (χ3n) is 3.16. The summed E-state index contributed by atoms with van der Waals surface area (Å²) in [6.07, 6.45) is 0.150. The second kappa shape index (κ2) is 6.09. The molecule has 1 aromatic rings. The molecule has 106 valence electrons. The topological polar surface area (TPSA) is 46.5 Å². The van der Waals surface area contributed by atoms with Crippen LogP contribution in [0.25, 0.3) is 0 Å². The van der Waals surface area contributed by atoms with Crippen molar-refractivity contribution >= 4 is 5.97 Å². The summed E-state index contributed by atoms with van der Waals surface area (Å²) in [5.74, 6) is 0.134. The number of aliphatic carboxylic acids is 1. The van der Waals surface area contributed by atoms with E-state index < -0.39 is 5.97 Å². The van der Waals surface area contributed by atoms with Crippen LogP contribution in [-0.4, -0.2) is 17.7 Å². The molecule has 1 atom stereocenters. The molecule has 0 aromatic heterocycles. The highest BCUT2D eigenvalue weighted by molar-refractivity contribution is 5.68. The molecule has 0 aliphatic rings. The first-order valence-electron chi connectivity index (χ1n) is 6.74. The lowest BCUT2D eigenvalue weighted by molar-refractivity contribution is -0.137. The Bertz CT molecular complexity index is 444. The second-order valence-electron chi connectivity index (χ2n) is 5.94. The number of carboxylic acids is 1. The van der Waals surface area contributed by atoms with E-state index in [2.05, 4.69) is 26.8 Å². The van der Waals surface area contributed by atoms with Crippen LogP contribution in [0.1, 0.15) is 58.1 Å². The van der Waals surface area contributed by atoms with Crippen molar-refractivity contribution in [3.8, 4) is 5.75 Å². The number of carboxylic acid groups (broad SMARTS) is 1. The van der Waals surface area contributed by atoms with Gasteiger partial charge in [0.2, 0.25) is 0 Å². The van der Waals surface area contributed by atoms with Gasteiger partial charge in [-0.25, -0.2) is 0 Å². The average Bonchev–Trinajstić information content (AvgIpc) is 2.27. The minimum atomic E-state index is -0.765. The van der Waals surface area contributed by atoms with Crippen molar-refractivity contribution in [2.24, 2.45) is 0 Å². The summed E-state index contributed by atoms with van der Waals surface area (Å²) in [7, 11) is 0. The fourth-order valence-corrected chi connectivity index (χ4v) is 2.10. The predicted octanol–water partition coefficient (Wildman–Crippen LogP) is 3.96. The van der Waals surface area contributed by atoms with Crippen LogP contribution < -0.4 is 4.74 Å². The largest absolute Gasteiger partial charge is 0.494 e. The molecule has 3 nitrogen and oxygen atoms in total. The van der Waals surface area contributed by atoms with E-state index in [1.54, 1.807) is 0 Å². The molecule has 1 rings (SSSR count). The van der Waals surface area contributed by atoms with Crippen molar-refractivity contribution in [3.63, 3.8) is 0 Å². The van der Waals surface area contributed by atoms with Gasteiger partial charge in [0.05, 0.1) is 13.0 Å². The molecule has 1 aromatic carbocycles. The minimum absolute atomic E-state index is 0.00859. The van der Waals surface area contributed by atoms with Crippen LogP contribution in [0.4, 0.5) is 0 Å². The van der Waals surface area contributed by atoms with Gasteiger partial charge in [0, 0.05) is 0 Å². The van der Waals surface area contributed by atoms with Gasteiger partial charge >= 0.3 is 5.97 Å². The molecule has 0 fully saturated rings. The van der Waals surface area contributed by atoms with E-state index in [1.165, 1.54) is 0 Å². The van der Waals surface area contributed by atoms with Gasteiger partial charge in [-0.2, -0.15) is 0 Å². The summed E-state index contributed by atoms with van der Waals surface area (Å²) in [4.78, 5) is 10.8. The second-order valence-corrected chi connectivity index (χ2v) is 5.94. The van der Waals surface area contributed by atoms with E-state index in [0.29, 0.717) is 6.61 Å². The summed E-state index contributed by atoms with van der Waals surface area (Å²) < 4.78 is 5.66. The Balaban J connectivity index is 3.14. The molecular weight excluding hydrogens is 240 g/mol. The molecule has 0 aliphatic heterocycles. The number of ether oxygens (including phenoxy) is 1. The Hall–Kier alpha value is -1.51. The molecule has 0 saturated heterocycles. The van der Waals surface area contributed by atoms with Gasteiger partial charge in [-0.3, -0.25) is 4.79 Å². The van der Waals surface area contributed by atoms with Crippen LogP contribution in [-0.2, 0) is 10.2 Å². The van der Waals surface area contributed by atoms with E-state index in [9.17, 15) is 4.79 Å². The fourth-order valence-electron chi connectivity index (χ4n) is 2.10. The zero-order chi connectivity index (χ0) is 14.6. The number of benzene rings is 1. The van der Waals surface area contributed by atoms with Crippen LogP contribution in [0, 0.1) is 0 Å². The maximum Gasteiger partial charge on any atom is 0.303 e. The summed E-state index contributed by atoms with van der Waals surface area (Å²) in [5.41, 5.74) is 2.16.